The molecule has 0 N–H and O–H groups in total. The van der Waals surface area contributed by atoms with Gasteiger partial charge in [-0.15, -0.1) is 0 Å². The molecule has 3 aromatic heterocycles. The molecule has 0 amide bonds. The second-order valence-corrected chi connectivity index (χ2v) is 8.87. The summed E-state index contributed by atoms with van der Waals surface area (Å²) in [5, 5.41) is 5.70. The lowest BCUT2D eigenvalue weighted by atomic mass is 10.2. The number of halogens is 3. The van der Waals surface area contributed by atoms with E-state index in [1.807, 2.05) is 30.3 Å². The Hall–Kier alpha value is -2.49. The molecule has 0 spiro atoms. The summed E-state index contributed by atoms with van der Waals surface area (Å²) < 4.78 is 14.9. The van der Waals surface area contributed by atoms with E-state index in [1.54, 1.807) is 24.3 Å². The Balaban J connectivity index is 1.74. The maximum atomic E-state index is 13.2. The van der Waals surface area contributed by atoms with Gasteiger partial charge in [0.05, 0.1) is 21.6 Å². The molecule has 5 rings (SSSR count). The zero-order valence-electron chi connectivity index (χ0n) is 15.0. The lowest BCUT2D eigenvalue weighted by molar-refractivity contribution is 0.532. The van der Waals surface area contributed by atoms with Crippen molar-refractivity contribution in [2.45, 2.75) is 0 Å². The molecule has 0 aliphatic carbocycles. The van der Waals surface area contributed by atoms with Crippen LogP contribution in [0.15, 0.2) is 86.9 Å². The minimum atomic E-state index is -0.307. The molecule has 6 nitrogen and oxygen atoms in total. The molecular formula is C21H10Br3N3O3. The van der Waals surface area contributed by atoms with E-state index in [0.29, 0.717) is 38.5 Å². The number of para-hydroxylation sites is 1. The van der Waals surface area contributed by atoms with Gasteiger partial charge in [-0.25, -0.2) is 4.98 Å². The fourth-order valence-corrected chi connectivity index (χ4v) is 4.04. The summed E-state index contributed by atoms with van der Waals surface area (Å²) in [6.45, 7) is 0. The van der Waals surface area contributed by atoms with Crippen molar-refractivity contribution >= 4 is 75.9 Å². The van der Waals surface area contributed by atoms with Crippen molar-refractivity contribution in [3.63, 3.8) is 0 Å². The van der Waals surface area contributed by atoms with E-state index in [9.17, 15) is 4.79 Å². The monoisotopic (exact) mass is 589 g/mol. The van der Waals surface area contributed by atoms with Gasteiger partial charge in [-0.05, 0) is 68.3 Å². The quantitative estimate of drug-likeness (QED) is 0.222. The van der Waals surface area contributed by atoms with Crippen LogP contribution in [0.1, 0.15) is 5.76 Å². The summed E-state index contributed by atoms with van der Waals surface area (Å²) in [6, 6.07) is 16.4. The molecular weight excluding hydrogens is 582 g/mol. The molecule has 5 aromatic rings. The van der Waals surface area contributed by atoms with Crippen LogP contribution in [0.5, 0.6) is 0 Å². The van der Waals surface area contributed by atoms with Gasteiger partial charge in [-0.1, -0.05) is 28.1 Å². The van der Waals surface area contributed by atoms with Gasteiger partial charge in [0, 0.05) is 15.9 Å². The number of aromatic nitrogens is 2. The third kappa shape index (κ3) is 3.46. The summed E-state index contributed by atoms with van der Waals surface area (Å²) in [4.78, 5) is 17.8. The second-order valence-electron chi connectivity index (χ2n) is 6.38. The lowest BCUT2D eigenvalue weighted by Crippen LogP contribution is -2.20. The van der Waals surface area contributed by atoms with Gasteiger partial charge in [-0.3, -0.25) is 4.79 Å². The molecule has 30 heavy (non-hydrogen) atoms. The van der Waals surface area contributed by atoms with Gasteiger partial charge in [0.25, 0.3) is 5.56 Å². The van der Waals surface area contributed by atoms with Crippen LogP contribution in [-0.2, 0) is 0 Å². The highest BCUT2D eigenvalue weighted by Gasteiger charge is 2.16. The molecule has 0 unspecified atom stereocenters. The summed E-state index contributed by atoms with van der Waals surface area (Å²) in [7, 11) is 0. The maximum Gasteiger partial charge on any atom is 0.282 e. The van der Waals surface area contributed by atoms with Crippen LogP contribution in [-0.4, -0.2) is 15.9 Å². The average molecular weight is 592 g/mol. The van der Waals surface area contributed by atoms with E-state index in [0.717, 1.165) is 14.3 Å². The van der Waals surface area contributed by atoms with Crippen molar-refractivity contribution in [3.05, 3.63) is 84.3 Å². The van der Waals surface area contributed by atoms with Crippen LogP contribution in [0, 0.1) is 0 Å². The molecule has 148 valence electrons. The Kier molecular flexibility index (Phi) is 4.96. The fourth-order valence-electron chi connectivity index (χ4n) is 3.06. The van der Waals surface area contributed by atoms with Crippen molar-refractivity contribution in [2.24, 2.45) is 5.10 Å². The molecule has 0 saturated carbocycles. The van der Waals surface area contributed by atoms with E-state index in [4.69, 9.17) is 8.83 Å². The summed E-state index contributed by atoms with van der Waals surface area (Å²) >= 11 is 10.1. The van der Waals surface area contributed by atoms with Crippen LogP contribution in [0.2, 0.25) is 0 Å². The van der Waals surface area contributed by atoms with Crippen molar-refractivity contribution in [1.82, 2.24) is 9.66 Å². The topological polar surface area (TPSA) is 73.5 Å². The van der Waals surface area contributed by atoms with E-state index >= 15 is 0 Å². The Bertz CT molecular complexity index is 1500. The molecule has 0 aliphatic heterocycles. The number of hydrogen-bond acceptors (Lipinski definition) is 5. The van der Waals surface area contributed by atoms with Crippen molar-refractivity contribution < 1.29 is 8.83 Å². The number of rotatable bonds is 3. The summed E-state index contributed by atoms with van der Waals surface area (Å²) in [5.41, 5.74) is 0.942. The third-order valence-corrected chi connectivity index (χ3v) is 6.62. The number of hydrogen-bond donors (Lipinski definition) is 0. The average Bonchev–Trinajstić information content (AvgIpc) is 3.29. The lowest BCUT2D eigenvalue weighted by Gasteiger charge is -2.06. The fraction of sp³-hybridized carbons (Fsp3) is 0. The van der Waals surface area contributed by atoms with Gasteiger partial charge in [0.1, 0.15) is 11.3 Å². The Morgan fingerprint density at radius 3 is 2.63 bits per heavy atom. The molecule has 0 saturated heterocycles. The molecule has 0 fully saturated rings. The normalized spacial score (nSPS) is 11.8. The number of furan rings is 2. The van der Waals surface area contributed by atoms with Gasteiger partial charge < -0.3 is 8.83 Å². The number of fused-ring (bicyclic) bond motifs is 2. The number of nitrogens with zero attached hydrogens (tertiary/aromatic N) is 3. The predicted octanol–water partition coefficient (Wildman–Crippen LogP) is 6.57. The first-order valence-corrected chi connectivity index (χ1v) is 11.1. The maximum absolute atomic E-state index is 13.2. The van der Waals surface area contributed by atoms with Gasteiger partial charge in [0.2, 0.25) is 5.82 Å². The van der Waals surface area contributed by atoms with Crippen molar-refractivity contribution in [2.75, 3.05) is 0 Å². The molecule has 2 aromatic carbocycles. The molecule has 0 bridgehead atoms. The highest BCUT2D eigenvalue weighted by molar-refractivity contribution is 9.13. The largest absolute Gasteiger partial charge is 0.453 e. The second kappa shape index (κ2) is 7.64. The van der Waals surface area contributed by atoms with Crippen molar-refractivity contribution in [1.29, 1.82) is 0 Å². The van der Waals surface area contributed by atoms with Crippen LogP contribution >= 0.6 is 47.8 Å². The van der Waals surface area contributed by atoms with Gasteiger partial charge in [0.15, 0.2) is 10.4 Å². The Morgan fingerprint density at radius 2 is 1.83 bits per heavy atom. The smallest absolute Gasteiger partial charge is 0.282 e. The standard InChI is InChI=1S/C21H10Br3N3O3/c22-12-5-6-17-11(7-12)8-18(30-17)20-26-16-4-2-1-3-14(16)21(28)27(20)25-10-13-9-15(23)19(24)29-13/h1-10H. The first kappa shape index (κ1) is 19.5. The Morgan fingerprint density at radius 1 is 1.00 bits per heavy atom. The third-order valence-electron chi connectivity index (χ3n) is 4.42. The van der Waals surface area contributed by atoms with Crippen LogP contribution < -0.4 is 5.56 Å². The van der Waals surface area contributed by atoms with Crippen LogP contribution in [0.4, 0.5) is 0 Å². The van der Waals surface area contributed by atoms with Gasteiger partial charge in [-0.2, -0.15) is 9.78 Å². The molecule has 0 radical (unpaired) electrons. The summed E-state index contributed by atoms with van der Waals surface area (Å²) in [6.07, 6.45) is 1.45. The SMILES string of the molecule is O=c1c2ccccc2nc(-c2cc3cc(Br)ccc3o2)n1N=Cc1cc(Br)c(Br)o1. The van der Waals surface area contributed by atoms with Crippen LogP contribution in [0.25, 0.3) is 33.5 Å². The highest BCUT2D eigenvalue weighted by Crippen LogP contribution is 2.29. The van der Waals surface area contributed by atoms with Crippen molar-refractivity contribution in [3.8, 4) is 11.6 Å². The van der Waals surface area contributed by atoms with E-state index in [-0.39, 0.29) is 5.56 Å². The summed E-state index contributed by atoms with van der Waals surface area (Å²) in [5.74, 6) is 1.20. The minimum absolute atomic E-state index is 0.298. The van der Waals surface area contributed by atoms with E-state index in [2.05, 4.69) is 57.9 Å². The molecule has 0 aliphatic rings. The van der Waals surface area contributed by atoms with E-state index < -0.39 is 0 Å². The minimum Gasteiger partial charge on any atom is -0.453 e. The van der Waals surface area contributed by atoms with Crippen LogP contribution in [0.3, 0.4) is 0 Å². The molecule has 0 atom stereocenters. The zero-order valence-corrected chi connectivity index (χ0v) is 19.7. The zero-order chi connectivity index (χ0) is 20.8. The first-order valence-electron chi connectivity index (χ1n) is 8.70. The predicted molar refractivity (Wildman–Crippen MR) is 126 cm³/mol. The molecule has 9 heteroatoms. The van der Waals surface area contributed by atoms with Gasteiger partial charge >= 0.3 is 0 Å². The number of benzene rings is 2. The first-order chi connectivity index (χ1) is 14.5. The molecule has 3 heterocycles. The van der Waals surface area contributed by atoms with E-state index in [1.165, 1.54) is 10.9 Å². The highest BCUT2D eigenvalue weighted by atomic mass is 79.9. The Labute approximate surface area is 194 Å².